The zero-order chi connectivity index (χ0) is 19.3. The normalized spacial score (nSPS) is 20.1. The molecule has 28 heavy (non-hydrogen) atoms. The number of nitrogens with one attached hydrogen (secondary N) is 2. The number of hydrogen-bond acceptors (Lipinski definition) is 5. The van der Waals surface area contributed by atoms with Crippen LogP contribution in [0.25, 0.3) is 0 Å². The van der Waals surface area contributed by atoms with Crippen LogP contribution in [0.4, 0.5) is 0 Å². The lowest BCUT2D eigenvalue weighted by molar-refractivity contribution is 0.0855. The highest BCUT2D eigenvalue weighted by atomic mass is 16.3. The first-order valence-corrected chi connectivity index (χ1v) is 10.1. The number of β-amino-alcohol motifs (C(OH)–C–C–N with tert-alkyl or cyclic N) is 1. The first kappa shape index (κ1) is 19.1. The molecule has 0 spiro atoms. The maximum absolute atomic E-state index is 12.5. The van der Waals surface area contributed by atoms with Crippen LogP contribution < -0.4 is 10.6 Å². The summed E-state index contributed by atoms with van der Waals surface area (Å²) in [5.74, 6) is 0.439. The molecular formula is C22H28N4O2. The highest BCUT2D eigenvalue weighted by molar-refractivity contribution is 5.94. The van der Waals surface area contributed by atoms with E-state index >= 15 is 0 Å². The summed E-state index contributed by atoms with van der Waals surface area (Å²) in [6, 6.07) is 12.0. The number of benzene rings is 1. The Morgan fingerprint density at radius 3 is 2.79 bits per heavy atom. The second-order valence-corrected chi connectivity index (χ2v) is 7.90. The summed E-state index contributed by atoms with van der Waals surface area (Å²) >= 11 is 0. The lowest BCUT2D eigenvalue weighted by Gasteiger charge is -2.19. The summed E-state index contributed by atoms with van der Waals surface area (Å²) in [7, 11) is 0. The van der Waals surface area contributed by atoms with Crippen molar-refractivity contribution in [2.45, 2.75) is 32.0 Å². The van der Waals surface area contributed by atoms with E-state index in [2.05, 4.69) is 32.7 Å². The molecule has 1 fully saturated rings. The SMILES string of the molecule is O=C(NC[C@H](O)CN1Cc2ccccc2C1)c1ccnc(CC2CCNC2)c1. The van der Waals surface area contributed by atoms with Crippen molar-refractivity contribution in [3.05, 3.63) is 65.0 Å². The molecule has 1 saturated heterocycles. The lowest BCUT2D eigenvalue weighted by atomic mass is 10.0. The molecule has 3 N–H and O–H groups in total. The van der Waals surface area contributed by atoms with E-state index in [9.17, 15) is 9.90 Å². The van der Waals surface area contributed by atoms with Gasteiger partial charge in [0.25, 0.3) is 5.91 Å². The van der Waals surface area contributed by atoms with Gasteiger partial charge in [-0.3, -0.25) is 14.7 Å². The number of aliphatic hydroxyl groups is 1. The van der Waals surface area contributed by atoms with Crippen LogP contribution in [0.3, 0.4) is 0 Å². The fourth-order valence-electron chi connectivity index (χ4n) is 4.12. The van der Waals surface area contributed by atoms with Crippen LogP contribution in [0.2, 0.25) is 0 Å². The fraction of sp³-hybridized carbons (Fsp3) is 0.455. The van der Waals surface area contributed by atoms with E-state index in [0.717, 1.165) is 44.7 Å². The maximum atomic E-state index is 12.5. The van der Waals surface area contributed by atoms with Crippen LogP contribution in [0.1, 0.15) is 33.6 Å². The monoisotopic (exact) mass is 380 g/mol. The number of fused-ring (bicyclic) bond motifs is 1. The van der Waals surface area contributed by atoms with Gasteiger partial charge >= 0.3 is 0 Å². The summed E-state index contributed by atoms with van der Waals surface area (Å²) in [5, 5.41) is 16.6. The van der Waals surface area contributed by atoms with Crippen molar-refractivity contribution in [1.29, 1.82) is 0 Å². The number of nitrogens with zero attached hydrogens (tertiary/aromatic N) is 2. The van der Waals surface area contributed by atoms with Gasteiger partial charge in [-0.2, -0.15) is 0 Å². The molecule has 148 valence electrons. The highest BCUT2D eigenvalue weighted by Gasteiger charge is 2.21. The van der Waals surface area contributed by atoms with E-state index in [4.69, 9.17) is 0 Å². The lowest BCUT2D eigenvalue weighted by Crippen LogP contribution is -2.38. The van der Waals surface area contributed by atoms with Crippen molar-refractivity contribution < 1.29 is 9.90 Å². The molecule has 1 unspecified atom stereocenters. The van der Waals surface area contributed by atoms with E-state index in [1.54, 1.807) is 12.3 Å². The molecule has 2 aliphatic heterocycles. The number of aliphatic hydroxyl groups excluding tert-OH is 1. The smallest absolute Gasteiger partial charge is 0.251 e. The zero-order valence-corrected chi connectivity index (χ0v) is 16.1. The Hall–Kier alpha value is -2.28. The van der Waals surface area contributed by atoms with Gasteiger partial charge in [-0.25, -0.2) is 0 Å². The van der Waals surface area contributed by atoms with Gasteiger partial charge < -0.3 is 15.7 Å². The molecule has 6 nitrogen and oxygen atoms in total. The van der Waals surface area contributed by atoms with E-state index in [1.165, 1.54) is 11.1 Å². The van der Waals surface area contributed by atoms with Crippen molar-refractivity contribution in [2.75, 3.05) is 26.2 Å². The minimum Gasteiger partial charge on any atom is -0.390 e. The van der Waals surface area contributed by atoms with Crippen molar-refractivity contribution in [3.63, 3.8) is 0 Å². The highest BCUT2D eigenvalue weighted by Crippen LogP contribution is 2.22. The number of hydrogen-bond donors (Lipinski definition) is 3. The molecule has 1 amide bonds. The van der Waals surface area contributed by atoms with Gasteiger partial charge in [0.15, 0.2) is 0 Å². The summed E-state index contributed by atoms with van der Waals surface area (Å²) in [6.45, 7) is 4.58. The first-order valence-electron chi connectivity index (χ1n) is 10.1. The van der Waals surface area contributed by atoms with Crippen molar-refractivity contribution in [1.82, 2.24) is 20.5 Å². The van der Waals surface area contributed by atoms with Crippen LogP contribution in [0.5, 0.6) is 0 Å². The third-order valence-corrected chi connectivity index (χ3v) is 5.61. The number of amides is 1. The standard InChI is InChI=1S/C22H28N4O2/c27-21(15-26-13-18-3-1-2-4-19(18)14-26)12-25-22(28)17-6-8-24-20(10-17)9-16-5-7-23-11-16/h1-4,6,8,10,16,21,23,27H,5,7,9,11-15H2,(H,25,28)/t16?,21-/m0/s1. The first-order chi connectivity index (χ1) is 13.7. The van der Waals surface area contributed by atoms with Crippen LogP contribution >= 0.6 is 0 Å². The maximum Gasteiger partial charge on any atom is 0.251 e. The predicted molar refractivity (Wildman–Crippen MR) is 108 cm³/mol. The molecule has 2 atom stereocenters. The zero-order valence-electron chi connectivity index (χ0n) is 16.1. The quantitative estimate of drug-likeness (QED) is 0.676. The van der Waals surface area contributed by atoms with Gasteiger partial charge in [-0.1, -0.05) is 24.3 Å². The Balaban J connectivity index is 1.25. The average Bonchev–Trinajstić information content (AvgIpc) is 3.35. The van der Waals surface area contributed by atoms with Gasteiger partial charge in [0.1, 0.15) is 0 Å². The molecule has 3 heterocycles. The molecule has 0 radical (unpaired) electrons. The second kappa shape index (κ2) is 8.82. The number of carbonyl (C=O) groups excluding carboxylic acids is 1. The largest absolute Gasteiger partial charge is 0.390 e. The fourth-order valence-corrected chi connectivity index (χ4v) is 4.12. The predicted octanol–water partition coefficient (Wildman–Crippen LogP) is 1.34. The van der Waals surface area contributed by atoms with Crippen molar-refractivity contribution in [3.8, 4) is 0 Å². The summed E-state index contributed by atoms with van der Waals surface area (Å²) in [6.07, 6.45) is 3.16. The van der Waals surface area contributed by atoms with Gasteiger partial charge in [0.05, 0.1) is 6.10 Å². The van der Waals surface area contributed by atoms with E-state index in [0.29, 0.717) is 18.0 Å². The third-order valence-electron chi connectivity index (χ3n) is 5.61. The topological polar surface area (TPSA) is 77.5 Å². The molecule has 4 rings (SSSR count). The molecule has 0 bridgehead atoms. The van der Waals surface area contributed by atoms with Crippen molar-refractivity contribution >= 4 is 5.91 Å². The number of carbonyl (C=O) groups is 1. The van der Waals surface area contributed by atoms with Crippen LogP contribution in [-0.4, -0.2) is 53.2 Å². The summed E-state index contributed by atoms with van der Waals surface area (Å²) < 4.78 is 0. The molecule has 1 aromatic heterocycles. The average molecular weight is 380 g/mol. The van der Waals surface area contributed by atoms with Gasteiger partial charge in [-0.05, 0) is 55.1 Å². The Morgan fingerprint density at radius 1 is 1.29 bits per heavy atom. The van der Waals surface area contributed by atoms with Crippen LogP contribution in [0.15, 0.2) is 42.6 Å². The van der Waals surface area contributed by atoms with Gasteiger partial charge in [0, 0.05) is 43.6 Å². The Bertz CT molecular complexity index is 795. The Kier molecular flexibility index (Phi) is 6.00. The minimum absolute atomic E-state index is 0.156. The van der Waals surface area contributed by atoms with E-state index < -0.39 is 6.10 Å². The van der Waals surface area contributed by atoms with Crippen LogP contribution in [0, 0.1) is 5.92 Å². The molecule has 1 aromatic carbocycles. The molecule has 2 aliphatic rings. The summed E-state index contributed by atoms with van der Waals surface area (Å²) in [5.41, 5.74) is 4.20. The Morgan fingerprint density at radius 2 is 2.07 bits per heavy atom. The Labute approximate surface area is 166 Å². The number of rotatable bonds is 7. The number of aromatic nitrogens is 1. The van der Waals surface area contributed by atoms with Gasteiger partial charge in [0.2, 0.25) is 0 Å². The molecular weight excluding hydrogens is 352 g/mol. The molecule has 6 heteroatoms. The summed E-state index contributed by atoms with van der Waals surface area (Å²) in [4.78, 5) is 19.1. The van der Waals surface area contributed by atoms with E-state index in [-0.39, 0.29) is 12.5 Å². The second-order valence-electron chi connectivity index (χ2n) is 7.90. The minimum atomic E-state index is -0.593. The van der Waals surface area contributed by atoms with E-state index in [1.807, 2.05) is 18.2 Å². The number of pyridine rings is 1. The molecule has 0 aliphatic carbocycles. The molecule has 2 aromatic rings. The van der Waals surface area contributed by atoms with Crippen molar-refractivity contribution in [2.24, 2.45) is 5.92 Å². The van der Waals surface area contributed by atoms with Gasteiger partial charge in [-0.15, -0.1) is 0 Å². The third kappa shape index (κ3) is 4.76. The van der Waals surface area contributed by atoms with Crippen LogP contribution in [-0.2, 0) is 19.5 Å². The molecule has 0 saturated carbocycles.